The summed E-state index contributed by atoms with van der Waals surface area (Å²) >= 11 is 0. The maximum absolute atomic E-state index is 4.19. The highest BCUT2D eigenvalue weighted by Gasteiger charge is 2.09. The molecule has 1 unspecified atom stereocenters. The summed E-state index contributed by atoms with van der Waals surface area (Å²) < 4.78 is 1.79. The molecule has 0 radical (unpaired) electrons. The second kappa shape index (κ2) is 2.69. The fraction of sp³-hybridized carbons (Fsp3) is 0.500. The molecule has 2 rings (SSSR count). The molecule has 2 heterocycles. The van der Waals surface area contributed by atoms with E-state index < -0.39 is 0 Å². The summed E-state index contributed by atoms with van der Waals surface area (Å²) in [6.45, 7) is 1.71. The second-order valence-electron chi connectivity index (χ2n) is 2.46. The Morgan fingerprint density at radius 1 is 1.64 bits per heavy atom. The van der Waals surface area contributed by atoms with Crippen molar-refractivity contribution in [1.82, 2.24) is 20.1 Å². The van der Waals surface area contributed by atoms with E-state index >= 15 is 0 Å². The third-order valence-corrected chi connectivity index (χ3v) is 1.59. The summed E-state index contributed by atoms with van der Waals surface area (Å²) in [5.74, 6) is 0. The summed E-state index contributed by atoms with van der Waals surface area (Å²) in [5, 5.41) is 7.02. The maximum Gasteiger partial charge on any atom is 0.137 e. The van der Waals surface area contributed by atoms with Gasteiger partial charge in [-0.1, -0.05) is 0 Å². The third kappa shape index (κ3) is 1.36. The molecule has 0 saturated carbocycles. The van der Waals surface area contributed by atoms with Gasteiger partial charge in [0.1, 0.15) is 12.7 Å². The van der Waals surface area contributed by atoms with Crippen molar-refractivity contribution >= 4 is 6.34 Å². The van der Waals surface area contributed by atoms with Crippen molar-refractivity contribution in [3.63, 3.8) is 0 Å². The zero-order valence-corrected chi connectivity index (χ0v) is 6.01. The Hall–Kier alpha value is -1.39. The Kier molecular flexibility index (Phi) is 1.55. The molecule has 5 heteroatoms. The van der Waals surface area contributed by atoms with E-state index in [-0.39, 0.29) is 0 Å². The van der Waals surface area contributed by atoms with Crippen molar-refractivity contribution in [2.75, 3.05) is 6.54 Å². The normalized spacial score (nSPS) is 22.0. The Labute approximate surface area is 64.2 Å². The fourth-order valence-electron chi connectivity index (χ4n) is 1.05. The predicted molar refractivity (Wildman–Crippen MR) is 40.3 cm³/mol. The lowest BCUT2D eigenvalue weighted by molar-refractivity contribution is 0.524. The lowest BCUT2D eigenvalue weighted by Crippen LogP contribution is -2.20. The van der Waals surface area contributed by atoms with Crippen molar-refractivity contribution in [1.29, 1.82) is 0 Å². The first-order chi connectivity index (χ1) is 5.45. The fourth-order valence-corrected chi connectivity index (χ4v) is 1.05. The number of aliphatic imine (C=N–C) groups is 1. The highest BCUT2D eigenvalue weighted by atomic mass is 15.3. The van der Waals surface area contributed by atoms with E-state index in [9.17, 15) is 0 Å². The smallest absolute Gasteiger partial charge is 0.137 e. The Balaban J connectivity index is 1.95. The molecule has 11 heavy (non-hydrogen) atoms. The van der Waals surface area contributed by atoms with Gasteiger partial charge in [0.15, 0.2) is 0 Å². The lowest BCUT2D eigenvalue weighted by Gasteiger charge is -2.04. The highest BCUT2D eigenvalue weighted by molar-refractivity contribution is 5.56. The first-order valence-electron chi connectivity index (χ1n) is 3.52. The first kappa shape index (κ1) is 6.33. The third-order valence-electron chi connectivity index (χ3n) is 1.59. The van der Waals surface area contributed by atoms with Gasteiger partial charge in [0.05, 0.1) is 18.9 Å². The van der Waals surface area contributed by atoms with Gasteiger partial charge in [-0.3, -0.25) is 9.67 Å². The van der Waals surface area contributed by atoms with Crippen LogP contribution in [0.3, 0.4) is 0 Å². The van der Waals surface area contributed by atoms with Crippen molar-refractivity contribution in [2.24, 2.45) is 4.99 Å². The molecule has 0 amide bonds. The number of nitrogens with one attached hydrogen (secondary N) is 1. The zero-order chi connectivity index (χ0) is 7.52. The SMILES string of the molecule is C1=NC(Cn2cncn2)CN1. The van der Waals surface area contributed by atoms with Crippen LogP contribution in [0.15, 0.2) is 17.6 Å². The number of hydrogen-bond acceptors (Lipinski definition) is 4. The molecule has 1 aromatic heterocycles. The van der Waals surface area contributed by atoms with Gasteiger partial charge in [0.2, 0.25) is 0 Å². The van der Waals surface area contributed by atoms with E-state index in [4.69, 9.17) is 0 Å². The van der Waals surface area contributed by atoms with Crippen LogP contribution < -0.4 is 5.32 Å². The van der Waals surface area contributed by atoms with Crippen LogP contribution in [0, 0.1) is 0 Å². The molecule has 1 aromatic rings. The van der Waals surface area contributed by atoms with Gasteiger partial charge in [-0.2, -0.15) is 5.10 Å². The molecule has 1 N–H and O–H groups in total. The van der Waals surface area contributed by atoms with Crippen LogP contribution in [0.25, 0.3) is 0 Å². The van der Waals surface area contributed by atoms with Crippen LogP contribution in [-0.4, -0.2) is 33.7 Å². The van der Waals surface area contributed by atoms with E-state index in [0.717, 1.165) is 13.1 Å². The summed E-state index contributed by atoms with van der Waals surface area (Å²) in [6, 6.07) is 0.316. The van der Waals surface area contributed by atoms with Crippen LogP contribution in [-0.2, 0) is 6.54 Å². The number of aromatic nitrogens is 3. The molecule has 0 bridgehead atoms. The molecule has 0 fully saturated rings. The van der Waals surface area contributed by atoms with Gasteiger partial charge in [-0.05, 0) is 0 Å². The lowest BCUT2D eigenvalue weighted by atomic mass is 10.3. The quantitative estimate of drug-likeness (QED) is 0.606. The molecule has 0 saturated heterocycles. The van der Waals surface area contributed by atoms with Crippen molar-refractivity contribution in [3.8, 4) is 0 Å². The molecule has 0 aliphatic carbocycles. The maximum atomic E-state index is 4.19. The van der Waals surface area contributed by atoms with Crippen LogP contribution >= 0.6 is 0 Å². The number of rotatable bonds is 2. The Bertz CT molecular complexity index is 239. The van der Waals surface area contributed by atoms with Crippen LogP contribution in [0.2, 0.25) is 0 Å². The van der Waals surface area contributed by atoms with Crippen molar-refractivity contribution in [2.45, 2.75) is 12.6 Å². The standard InChI is InChI=1S/C6H9N5/c1-6(9-3-7-1)2-11-5-8-4-10-11/h3-6H,1-2H2,(H,7,9). The van der Waals surface area contributed by atoms with E-state index in [1.165, 1.54) is 6.33 Å². The molecule has 0 spiro atoms. The average Bonchev–Trinajstić information content (AvgIpc) is 2.60. The molecule has 1 aliphatic rings. The van der Waals surface area contributed by atoms with Crippen LogP contribution in [0.5, 0.6) is 0 Å². The molecule has 58 valence electrons. The van der Waals surface area contributed by atoms with Crippen LogP contribution in [0.1, 0.15) is 0 Å². The van der Waals surface area contributed by atoms with E-state index in [1.807, 2.05) is 0 Å². The number of hydrogen-bond donors (Lipinski definition) is 1. The second-order valence-corrected chi connectivity index (χ2v) is 2.46. The molecule has 5 nitrogen and oxygen atoms in total. The van der Waals surface area contributed by atoms with Gasteiger partial charge in [-0.25, -0.2) is 4.98 Å². The van der Waals surface area contributed by atoms with Crippen molar-refractivity contribution in [3.05, 3.63) is 12.7 Å². The minimum absolute atomic E-state index is 0.316. The molecule has 1 atom stereocenters. The van der Waals surface area contributed by atoms with E-state index in [2.05, 4.69) is 20.4 Å². The number of nitrogens with zero attached hydrogens (tertiary/aromatic N) is 4. The summed E-state index contributed by atoms with van der Waals surface area (Å²) in [7, 11) is 0. The Morgan fingerprint density at radius 2 is 2.64 bits per heavy atom. The van der Waals surface area contributed by atoms with Gasteiger partial charge in [-0.15, -0.1) is 0 Å². The molecular formula is C6H9N5. The zero-order valence-electron chi connectivity index (χ0n) is 6.01. The van der Waals surface area contributed by atoms with Gasteiger partial charge < -0.3 is 5.32 Å². The summed E-state index contributed by atoms with van der Waals surface area (Å²) in [5.41, 5.74) is 0. The largest absolute Gasteiger partial charge is 0.374 e. The van der Waals surface area contributed by atoms with E-state index in [0.29, 0.717) is 6.04 Å². The molecule has 1 aliphatic heterocycles. The average molecular weight is 151 g/mol. The summed E-state index contributed by atoms with van der Waals surface area (Å²) in [6.07, 6.45) is 4.97. The predicted octanol–water partition coefficient (Wildman–Crippen LogP) is -0.722. The molecule has 0 aromatic carbocycles. The Morgan fingerprint density at radius 3 is 3.27 bits per heavy atom. The van der Waals surface area contributed by atoms with E-state index in [1.54, 1.807) is 17.3 Å². The summed E-state index contributed by atoms with van der Waals surface area (Å²) in [4.78, 5) is 8.03. The monoisotopic (exact) mass is 151 g/mol. The minimum atomic E-state index is 0.316. The first-order valence-corrected chi connectivity index (χ1v) is 3.52. The minimum Gasteiger partial charge on any atom is -0.374 e. The highest BCUT2D eigenvalue weighted by Crippen LogP contribution is 1.96. The molecular weight excluding hydrogens is 142 g/mol. The van der Waals surface area contributed by atoms with Gasteiger partial charge >= 0.3 is 0 Å². The van der Waals surface area contributed by atoms with Crippen LogP contribution in [0.4, 0.5) is 0 Å². The van der Waals surface area contributed by atoms with Gasteiger partial charge in [0, 0.05) is 6.54 Å². The topological polar surface area (TPSA) is 55.1 Å². The van der Waals surface area contributed by atoms with Gasteiger partial charge in [0.25, 0.3) is 0 Å². The van der Waals surface area contributed by atoms with Crippen molar-refractivity contribution < 1.29 is 0 Å².